The second kappa shape index (κ2) is 7.95. The van der Waals surface area contributed by atoms with Crippen molar-refractivity contribution < 1.29 is 0 Å². The highest BCUT2D eigenvalue weighted by atomic mass is 15.1. The Bertz CT molecular complexity index is 657. The number of para-hydroxylation sites is 1. The zero-order valence-corrected chi connectivity index (χ0v) is 13.7. The molecule has 2 aromatic rings. The molecule has 0 aliphatic heterocycles. The molecule has 3 N–H and O–H groups in total. The Kier molecular flexibility index (Phi) is 5.46. The molecule has 0 saturated heterocycles. The average Bonchev–Trinajstić information content (AvgIpc) is 2.83. The van der Waals surface area contributed by atoms with E-state index in [1.54, 1.807) is 0 Å². The molecule has 1 saturated carbocycles. The summed E-state index contributed by atoms with van der Waals surface area (Å²) in [5.41, 5.74) is 8.13. The third-order valence-electron chi connectivity index (χ3n) is 4.51. The van der Waals surface area contributed by atoms with E-state index in [1.807, 2.05) is 18.2 Å². The Labute approximate surface area is 138 Å². The molecule has 1 aliphatic rings. The number of pyridine rings is 1. The van der Waals surface area contributed by atoms with E-state index in [1.165, 1.54) is 43.9 Å². The van der Waals surface area contributed by atoms with Crippen LogP contribution in [0.25, 0.3) is 10.9 Å². The largest absolute Gasteiger partial charge is 0.370 e. The van der Waals surface area contributed by atoms with Crippen LogP contribution in [0.1, 0.15) is 44.2 Å². The lowest BCUT2D eigenvalue weighted by atomic mass is 10.1. The van der Waals surface area contributed by atoms with E-state index < -0.39 is 0 Å². The summed E-state index contributed by atoms with van der Waals surface area (Å²) in [5, 5.41) is 4.56. The first-order chi connectivity index (χ1) is 11.3. The Balaban J connectivity index is 1.52. The van der Waals surface area contributed by atoms with E-state index in [4.69, 9.17) is 5.73 Å². The van der Waals surface area contributed by atoms with Gasteiger partial charge in [-0.1, -0.05) is 49.9 Å². The smallest absolute Gasteiger partial charge is 0.188 e. The van der Waals surface area contributed by atoms with Crippen LogP contribution in [0.3, 0.4) is 0 Å². The van der Waals surface area contributed by atoms with Crippen molar-refractivity contribution in [1.82, 2.24) is 10.3 Å². The zero-order chi connectivity index (χ0) is 15.9. The number of guanidine groups is 1. The molecule has 122 valence electrons. The predicted molar refractivity (Wildman–Crippen MR) is 96.6 cm³/mol. The number of aliphatic imine (C=N–C) groups is 1. The molecule has 4 heteroatoms. The lowest BCUT2D eigenvalue weighted by molar-refractivity contribution is 0.530. The molecular formula is C19H26N4. The Morgan fingerprint density at radius 1 is 1.09 bits per heavy atom. The first-order valence-corrected chi connectivity index (χ1v) is 8.72. The van der Waals surface area contributed by atoms with Crippen LogP contribution in [0.15, 0.2) is 41.4 Å². The second-order valence-corrected chi connectivity index (χ2v) is 6.35. The van der Waals surface area contributed by atoms with Gasteiger partial charge in [0.25, 0.3) is 0 Å². The summed E-state index contributed by atoms with van der Waals surface area (Å²) < 4.78 is 0. The van der Waals surface area contributed by atoms with E-state index in [2.05, 4.69) is 33.5 Å². The average molecular weight is 310 g/mol. The number of benzene rings is 1. The van der Waals surface area contributed by atoms with Gasteiger partial charge < -0.3 is 11.1 Å². The van der Waals surface area contributed by atoms with Gasteiger partial charge in [-0.25, -0.2) is 0 Å². The quantitative estimate of drug-likeness (QED) is 0.517. The molecule has 0 radical (unpaired) electrons. The first-order valence-electron chi connectivity index (χ1n) is 8.72. The van der Waals surface area contributed by atoms with Gasteiger partial charge in [-0.05, 0) is 25.0 Å². The Morgan fingerprint density at radius 3 is 2.70 bits per heavy atom. The molecule has 1 heterocycles. The third-order valence-corrected chi connectivity index (χ3v) is 4.51. The van der Waals surface area contributed by atoms with Gasteiger partial charge in [-0.2, -0.15) is 0 Å². The lowest BCUT2D eigenvalue weighted by Crippen LogP contribution is -2.40. The van der Waals surface area contributed by atoms with Gasteiger partial charge in [0.1, 0.15) is 0 Å². The highest BCUT2D eigenvalue weighted by Gasteiger charge is 2.12. The van der Waals surface area contributed by atoms with E-state index in [0.29, 0.717) is 18.5 Å². The molecule has 0 spiro atoms. The number of nitrogens with one attached hydrogen (secondary N) is 1. The van der Waals surface area contributed by atoms with E-state index >= 15 is 0 Å². The number of nitrogens with two attached hydrogens (primary N) is 1. The predicted octanol–water partition coefficient (Wildman–Crippen LogP) is 3.40. The molecule has 23 heavy (non-hydrogen) atoms. The second-order valence-electron chi connectivity index (χ2n) is 6.35. The van der Waals surface area contributed by atoms with Crippen LogP contribution >= 0.6 is 0 Å². The standard InChI is InChI=1S/C19H26N4/c20-19(23-16-8-3-1-2-4-9-16)21-14-13-17-12-11-15-7-5-6-10-18(15)22-17/h5-7,10-12,16H,1-4,8-9,13-14H2,(H3,20,21,23). The van der Waals surface area contributed by atoms with Crippen LogP contribution in [0.5, 0.6) is 0 Å². The SMILES string of the molecule is NC(=NCCc1ccc2ccccc2n1)NC1CCCCCC1. The summed E-state index contributed by atoms with van der Waals surface area (Å²) in [5.74, 6) is 0.581. The molecule has 0 atom stereocenters. The maximum absolute atomic E-state index is 6.03. The zero-order valence-electron chi connectivity index (χ0n) is 13.7. The van der Waals surface area contributed by atoms with Crippen LogP contribution < -0.4 is 11.1 Å². The molecular weight excluding hydrogens is 284 g/mol. The van der Waals surface area contributed by atoms with Crippen LogP contribution in [0.4, 0.5) is 0 Å². The number of hydrogen-bond donors (Lipinski definition) is 2. The van der Waals surface area contributed by atoms with Crippen molar-refractivity contribution in [3.8, 4) is 0 Å². The molecule has 0 bridgehead atoms. The topological polar surface area (TPSA) is 63.3 Å². The van der Waals surface area contributed by atoms with Crippen molar-refractivity contribution >= 4 is 16.9 Å². The monoisotopic (exact) mass is 310 g/mol. The van der Waals surface area contributed by atoms with Crippen molar-refractivity contribution in [2.75, 3.05) is 6.54 Å². The van der Waals surface area contributed by atoms with Crippen molar-refractivity contribution in [3.63, 3.8) is 0 Å². The fraction of sp³-hybridized carbons (Fsp3) is 0.474. The van der Waals surface area contributed by atoms with Crippen LogP contribution in [-0.2, 0) is 6.42 Å². The Hall–Kier alpha value is -2.10. The fourth-order valence-electron chi connectivity index (χ4n) is 3.22. The van der Waals surface area contributed by atoms with Gasteiger partial charge in [-0.3, -0.25) is 9.98 Å². The molecule has 1 aromatic carbocycles. The van der Waals surface area contributed by atoms with Gasteiger partial charge in [0.15, 0.2) is 5.96 Å². The number of fused-ring (bicyclic) bond motifs is 1. The van der Waals surface area contributed by atoms with E-state index in [0.717, 1.165) is 17.6 Å². The number of aromatic nitrogens is 1. The molecule has 1 fully saturated rings. The Morgan fingerprint density at radius 2 is 1.87 bits per heavy atom. The molecule has 3 rings (SSSR count). The summed E-state index contributed by atoms with van der Waals surface area (Å²) in [7, 11) is 0. The van der Waals surface area contributed by atoms with E-state index in [-0.39, 0.29) is 0 Å². The lowest BCUT2D eigenvalue weighted by Gasteiger charge is -2.16. The molecule has 1 aromatic heterocycles. The van der Waals surface area contributed by atoms with Crippen molar-refractivity contribution in [3.05, 3.63) is 42.1 Å². The highest BCUT2D eigenvalue weighted by Crippen LogP contribution is 2.17. The highest BCUT2D eigenvalue weighted by molar-refractivity contribution is 5.79. The molecule has 4 nitrogen and oxygen atoms in total. The molecule has 1 aliphatic carbocycles. The van der Waals surface area contributed by atoms with Crippen LogP contribution in [-0.4, -0.2) is 23.5 Å². The number of nitrogens with zero attached hydrogens (tertiary/aromatic N) is 2. The van der Waals surface area contributed by atoms with E-state index in [9.17, 15) is 0 Å². The first kappa shape index (κ1) is 15.8. The minimum absolute atomic E-state index is 0.500. The van der Waals surface area contributed by atoms with Crippen LogP contribution in [0.2, 0.25) is 0 Å². The van der Waals surface area contributed by atoms with Gasteiger partial charge in [0, 0.05) is 30.1 Å². The normalized spacial score (nSPS) is 17.1. The van der Waals surface area contributed by atoms with Gasteiger partial charge in [0.05, 0.1) is 5.52 Å². The fourth-order valence-corrected chi connectivity index (χ4v) is 3.22. The van der Waals surface area contributed by atoms with Gasteiger partial charge >= 0.3 is 0 Å². The maximum Gasteiger partial charge on any atom is 0.188 e. The summed E-state index contributed by atoms with van der Waals surface area (Å²) in [6.45, 7) is 0.677. The number of rotatable bonds is 4. The van der Waals surface area contributed by atoms with Gasteiger partial charge in [-0.15, -0.1) is 0 Å². The summed E-state index contributed by atoms with van der Waals surface area (Å²) in [6, 6.07) is 12.9. The van der Waals surface area contributed by atoms with Crippen LogP contribution in [0, 0.1) is 0 Å². The van der Waals surface area contributed by atoms with Crippen molar-refractivity contribution in [2.24, 2.45) is 10.7 Å². The minimum Gasteiger partial charge on any atom is -0.370 e. The maximum atomic E-state index is 6.03. The summed E-state index contributed by atoms with van der Waals surface area (Å²) in [4.78, 5) is 9.14. The summed E-state index contributed by atoms with van der Waals surface area (Å²) in [6.07, 6.45) is 8.53. The van der Waals surface area contributed by atoms with Gasteiger partial charge in [0.2, 0.25) is 0 Å². The molecule has 0 unspecified atom stereocenters. The number of hydrogen-bond acceptors (Lipinski definition) is 2. The molecule has 0 amide bonds. The van der Waals surface area contributed by atoms with Crippen molar-refractivity contribution in [1.29, 1.82) is 0 Å². The minimum atomic E-state index is 0.500. The third kappa shape index (κ3) is 4.68. The summed E-state index contributed by atoms with van der Waals surface area (Å²) >= 11 is 0. The van der Waals surface area contributed by atoms with Crippen molar-refractivity contribution in [2.45, 2.75) is 51.0 Å².